The average Bonchev–Trinajstić information content (AvgIpc) is 2.62. The van der Waals surface area contributed by atoms with Gasteiger partial charge in [0.25, 0.3) is 5.91 Å². The fraction of sp³-hybridized carbons (Fsp3) is 0.263. The van der Waals surface area contributed by atoms with Crippen molar-refractivity contribution < 1.29 is 14.3 Å². The van der Waals surface area contributed by atoms with E-state index >= 15 is 0 Å². The van der Waals surface area contributed by atoms with Crippen LogP contribution in [0.25, 0.3) is 0 Å². The highest BCUT2D eigenvalue weighted by Crippen LogP contribution is 2.16. The molecular formula is C19H20N2O3. The number of benzene rings is 2. The molecule has 0 aromatic heterocycles. The Balaban J connectivity index is 1.53. The first-order valence-electron chi connectivity index (χ1n) is 7.97. The number of methoxy groups -OCH3 is 1. The molecule has 1 atom stereocenters. The molecule has 1 aliphatic heterocycles. The summed E-state index contributed by atoms with van der Waals surface area (Å²) in [4.78, 5) is 24.4. The number of carbonyl (C=O) groups excluding carboxylic acids is 2. The zero-order valence-corrected chi connectivity index (χ0v) is 13.5. The van der Waals surface area contributed by atoms with Crippen molar-refractivity contribution in [2.75, 3.05) is 13.7 Å². The minimum atomic E-state index is -0.511. The summed E-state index contributed by atoms with van der Waals surface area (Å²) in [6, 6.07) is 14.6. The zero-order chi connectivity index (χ0) is 16.9. The molecule has 2 N–H and O–H groups in total. The number of hydrogen-bond donors (Lipinski definition) is 2. The number of carbonyl (C=O) groups is 2. The van der Waals surface area contributed by atoms with Gasteiger partial charge in [-0.25, -0.2) is 0 Å². The van der Waals surface area contributed by atoms with Crippen molar-refractivity contribution in [3.05, 3.63) is 65.2 Å². The van der Waals surface area contributed by atoms with Gasteiger partial charge in [-0.1, -0.05) is 30.3 Å². The Bertz CT molecular complexity index is 741. The lowest BCUT2D eigenvalue weighted by Crippen LogP contribution is -2.51. The van der Waals surface area contributed by atoms with E-state index in [1.807, 2.05) is 42.5 Å². The molecule has 3 rings (SSSR count). The fourth-order valence-corrected chi connectivity index (χ4v) is 2.83. The van der Waals surface area contributed by atoms with E-state index in [1.165, 1.54) is 0 Å². The molecule has 0 saturated heterocycles. The van der Waals surface area contributed by atoms with E-state index in [9.17, 15) is 9.59 Å². The lowest BCUT2D eigenvalue weighted by molar-refractivity contribution is -0.123. The second kappa shape index (κ2) is 7.17. The molecule has 0 radical (unpaired) electrons. The Morgan fingerprint density at radius 1 is 1.21 bits per heavy atom. The number of fused-ring (bicyclic) bond motifs is 1. The minimum absolute atomic E-state index is 0.147. The minimum Gasteiger partial charge on any atom is -0.497 e. The molecule has 1 aliphatic rings. The van der Waals surface area contributed by atoms with Gasteiger partial charge in [0.15, 0.2) is 0 Å². The van der Waals surface area contributed by atoms with Gasteiger partial charge in [0.05, 0.1) is 7.11 Å². The van der Waals surface area contributed by atoms with Gasteiger partial charge in [-0.3, -0.25) is 9.59 Å². The second-order valence-electron chi connectivity index (χ2n) is 5.78. The Hall–Kier alpha value is -2.82. The van der Waals surface area contributed by atoms with Gasteiger partial charge in [-0.15, -0.1) is 0 Å². The summed E-state index contributed by atoms with van der Waals surface area (Å²) < 4.78 is 5.12. The van der Waals surface area contributed by atoms with Crippen LogP contribution in [0.2, 0.25) is 0 Å². The van der Waals surface area contributed by atoms with Crippen molar-refractivity contribution in [2.45, 2.75) is 18.9 Å². The number of nitrogens with one attached hydrogen (secondary N) is 2. The fourth-order valence-electron chi connectivity index (χ4n) is 2.83. The van der Waals surface area contributed by atoms with Gasteiger partial charge >= 0.3 is 0 Å². The van der Waals surface area contributed by atoms with Gasteiger partial charge in [-0.05, 0) is 35.7 Å². The highest BCUT2D eigenvalue weighted by molar-refractivity contribution is 6.00. The van der Waals surface area contributed by atoms with Crippen molar-refractivity contribution in [1.82, 2.24) is 10.6 Å². The maximum Gasteiger partial charge on any atom is 0.252 e. The summed E-state index contributed by atoms with van der Waals surface area (Å²) in [6.07, 6.45) is 1.25. The van der Waals surface area contributed by atoms with Crippen LogP contribution in [0.15, 0.2) is 48.5 Å². The van der Waals surface area contributed by atoms with Gasteiger partial charge in [0, 0.05) is 18.5 Å². The van der Waals surface area contributed by atoms with Crippen molar-refractivity contribution >= 4 is 11.8 Å². The molecule has 2 amide bonds. The van der Waals surface area contributed by atoms with Crippen LogP contribution in [0, 0.1) is 0 Å². The first kappa shape index (κ1) is 16.1. The summed E-state index contributed by atoms with van der Waals surface area (Å²) in [7, 11) is 1.63. The highest BCUT2D eigenvalue weighted by atomic mass is 16.5. The van der Waals surface area contributed by atoms with Crippen molar-refractivity contribution in [2.24, 2.45) is 0 Å². The quantitative estimate of drug-likeness (QED) is 0.880. The van der Waals surface area contributed by atoms with Gasteiger partial charge in [0.2, 0.25) is 5.91 Å². The number of hydrogen-bond acceptors (Lipinski definition) is 3. The smallest absolute Gasteiger partial charge is 0.252 e. The molecular weight excluding hydrogens is 304 g/mol. The third-order valence-electron chi connectivity index (χ3n) is 4.18. The molecule has 0 fully saturated rings. The highest BCUT2D eigenvalue weighted by Gasteiger charge is 2.28. The number of amides is 2. The number of ether oxygens (including phenoxy) is 1. The number of rotatable bonds is 5. The molecule has 1 unspecified atom stereocenters. The van der Waals surface area contributed by atoms with E-state index in [0.29, 0.717) is 18.5 Å². The lowest BCUT2D eigenvalue weighted by Gasteiger charge is -2.24. The third-order valence-corrected chi connectivity index (χ3v) is 4.18. The molecule has 24 heavy (non-hydrogen) atoms. The molecule has 5 nitrogen and oxygen atoms in total. The normalized spacial score (nSPS) is 16.0. The second-order valence-corrected chi connectivity index (χ2v) is 5.78. The average molecular weight is 324 g/mol. The first-order valence-corrected chi connectivity index (χ1v) is 7.97. The topological polar surface area (TPSA) is 67.4 Å². The van der Waals surface area contributed by atoms with E-state index in [0.717, 1.165) is 23.3 Å². The van der Waals surface area contributed by atoms with Crippen LogP contribution in [-0.4, -0.2) is 31.5 Å². The molecule has 0 aliphatic carbocycles. The molecule has 0 spiro atoms. The molecule has 0 saturated carbocycles. The molecule has 1 heterocycles. The summed E-state index contributed by atoms with van der Waals surface area (Å²) in [5.74, 6) is 0.477. The van der Waals surface area contributed by atoms with Gasteiger partial charge in [0.1, 0.15) is 11.8 Å². The van der Waals surface area contributed by atoms with Crippen LogP contribution in [-0.2, 0) is 17.6 Å². The van der Waals surface area contributed by atoms with Gasteiger partial charge in [-0.2, -0.15) is 0 Å². The summed E-state index contributed by atoms with van der Waals surface area (Å²) in [5.41, 5.74) is 2.69. The first-order chi connectivity index (χ1) is 11.7. The molecule has 5 heteroatoms. The van der Waals surface area contributed by atoms with E-state index in [-0.39, 0.29) is 11.8 Å². The summed E-state index contributed by atoms with van der Waals surface area (Å²) in [6.45, 7) is 0.527. The largest absolute Gasteiger partial charge is 0.497 e. The van der Waals surface area contributed by atoms with Crippen LogP contribution < -0.4 is 15.4 Å². The summed E-state index contributed by atoms with van der Waals surface area (Å²) >= 11 is 0. The van der Waals surface area contributed by atoms with E-state index in [4.69, 9.17) is 4.74 Å². The lowest BCUT2D eigenvalue weighted by atomic mass is 9.95. The van der Waals surface area contributed by atoms with Crippen LogP contribution in [0.4, 0.5) is 0 Å². The Kier molecular flexibility index (Phi) is 4.79. The monoisotopic (exact) mass is 324 g/mol. The zero-order valence-electron chi connectivity index (χ0n) is 13.5. The molecule has 0 bridgehead atoms. The van der Waals surface area contributed by atoms with E-state index < -0.39 is 6.04 Å². The van der Waals surface area contributed by atoms with Crippen LogP contribution in [0.3, 0.4) is 0 Å². The van der Waals surface area contributed by atoms with Crippen molar-refractivity contribution in [3.8, 4) is 5.75 Å². The van der Waals surface area contributed by atoms with Gasteiger partial charge < -0.3 is 15.4 Å². The van der Waals surface area contributed by atoms with E-state index in [1.54, 1.807) is 13.2 Å². The van der Waals surface area contributed by atoms with Crippen molar-refractivity contribution in [1.29, 1.82) is 0 Å². The Morgan fingerprint density at radius 2 is 1.96 bits per heavy atom. The predicted octanol–water partition coefficient (Wildman–Crippen LogP) is 1.71. The van der Waals surface area contributed by atoms with Crippen LogP contribution >= 0.6 is 0 Å². The predicted molar refractivity (Wildman–Crippen MR) is 91.1 cm³/mol. The maximum absolute atomic E-state index is 12.3. The molecule has 2 aromatic carbocycles. The Morgan fingerprint density at radius 3 is 2.71 bits per heavy atom. The standard InChI is InChI=1S/C19H20N2O3/c1-24-15-8-6-13(7-9-15)10-11-20-19(23)17-12-14-4-2-3-5-16(14)18(22)21-17/h2-9,17H,10-12H2,1H3,(H,20,23)(H,21,22). The van der Waals surface area contributed by atoms with Crippen molar-refractivity contribution in [3.63, 3.8) is 0 Å². The maximum atomic E-state index is 12.3. The Labute approximate surface area is 141 Å². The van der Waals surface area contributed by atoms with E-state index in [2.05, 4.69) is 10.6 Å². The SMILES string of the molecule is COc1ccc(CCNC(=O)C2Cc3ccccc3C(=O)N2)cc1. The van der Waals surface area contributed by atoms with Crippen LogP contribution in [0.5, 0.6) is 5.75 Å². The summed E-state index contributed by atoms with van der Waals surface area (Å²) in [5, 5.41) is 5.66. The third kappa shape index (κ3) is 3.56. The molecule has 2 aromatic rings. The molecule has 124 valence electrons. The van der Waals surface area contributed by atoms with Crippen LogP contribution in [0.1, 0.15) is 21.5 Å².